The number of allylic oxidation sites excluding steroid dienone is 1. The minimum Gasteiger partial charge on any atom is -0.381 e. The van der Waals surface area contributed by atoms with Gasteiger partial charge in [-0.3, -0.25) is 9.69 Å². The lowest BCUT2D eigenvalue weighted by Crippen LogP contribution is -2.35. The maximum absolute atomic E-state index is 12.3. The van der Waals surface area contributed by atoms with Gasteiger partial charge in [0, 0.05) is 32.3 Å². The van der Waals surface area contributed by atoms with Crippen LogP contribution in [0.1, 0.15) is 39.2 Å². The topological polar surface area (TPSA) is 59.4 Å². The number of piperidine rings is 1. The Bertz CT molecular complexity index is 578. The summed E-state index contributed by atoms with van der Waals surface area (Å²) in [7, 11) is 0. The molecule has 0 aliphatic carbocycles. The van der Waals surface area contributed by atoms with Gasteiger partial charge in [-0.05, 0) is 33.1 Å². The standard InChI is InChI=1S/C18H28N4O2/c1-14(2)4-9-21-10-5-16(6-11-21)22-17(3-8-19-22)20-18(23)15-7-12-24-13-15/h3-4,8,15-16H,5-7,9-13H2,1-2H3,(H,20,23). The SMILES string of the molecule is CC(C)=CCN1CCC(n2nccc2NC(=O)C2CCOC2)CC1. The minimum absolute atomic E-state index is 0.0285. The summed E-state index contributed by atoms with van der Waals surface area (Å²) in [6, 6.07) is 2.25. The Kier molecular flexibility index (Phi) is 5.68. The number of anilines is 1. The Labute approximate surface area is 143 Å². The van der Waals surface area contributed by atoms with E-state index in [0.29, 0.717) is 19.3 Å². The summed E-state index contributed by atoms with van der Waals surface area (Å²) in [5, 5.41) is 7.50. The van der Waals surface area contributed by atoms with Crippen molar-refractivity contribution < 1.29 is 9.53 Å². The molecule has 6 heteroatoms. The van der Waals surface area contributed by atoms with Gasteiger partial charge in [-0.25, -0.2) is 4.68 Å². The molecule has 0 aromatic carbocycles. The monoisotopic (exact) mass is 332 g/mol. The van der Waals surface area contributed by atoms with E-state index in [9.17, 15) is 4.79 Å². The summed E-state index contributed by atoms with van der Waals surface area (Å²) < 4.78 is 7.29. The number of ether oxygens (including phenoxy) is 1. The molecule has 0 saturated carbocycles. The highest BCUT2D eigenvalue weighted by atomic mass is 16.5. The fourth-order valence-corrected chi connectivity index (χ4v) is 3.33. The smallest absolute Gasteiger partial charge is 0.231 e. The molecule has 2 aliphatic heterocycles. The number of likely N-dealkylation sites (tertiary alicyclic amines) is 1. The second-order valence-corrected chi connectivity index (χ2v) is 7.02. The maximum Gasteiger partial charge on any atom is 0.231 e. The van der Waals surface area contributed by atoms with E-state index >= 15 is 0 Å². The Morgan fingerprint density at radius 3 is 2.83 bits per heavy atom. The van der Waals surface area contributed by atoms with Crippen LogP contribution in [0.15, 0.2) is 23.9 Å². The number of carbonyl (C=O) groups is 1. The fourth-order valence-electron chi connectivity index (χ4n) is 3.33. The number of rotatable bonds is 5. The zero-order chi connectivity index (χ0) is 16.9. The molecule has 0 spiro atoms. The molecule has 0 radical (unpaired) electrons. The predicted molar refractivity (Wildman–Crippen MR) is 93.9 cm³/mol. The summed E-state index contributed by atoms with van der Waals surface area (Å²) in [5.74, 6) is 0.837. The Morgan fingerprint density at radius 2 is 2.17 bits per heavy atom. The fraction of sp³-hybridized carbons (Fsp3) is 0.667. The molecule has 1 N–H and O–H groups in total. The van der Waals surface area contributed by atoms with E-state index in [4.69, 9.17) is 4.74 Å². The van der Waals surface area contributed by atoms with Gasteiger partial charge in [-0.2, -0.15) is 5.10 Å². The second kappa shape index (κ2) is 7.94. The van der Waals surface area contributed by atoms with Gasteiger partial charge < -0.3 is 10.1 Å². The molecule has 1 aromatic heterocycles. The third-order valence-electron chi connectivity index (χ3n) is 4.88. The molecule has 2 saturated heterocycles. The van der Waals surface area contributed by atoms with Crippen molar-refractivity contribution >= 4 is 11.7 Å². The van der Waals surface area contributed by atoms with Crippen LogP contribution in [0.25, 0.3) is 0 Å². The van der Waals surface area contributed by atoms with Crippen LogP contribution in [0, 0.1) is 5.92 Å². The van der Waals surface area contributed by atoms with Crippen molar-refractivity contribution in [3.05, 3.63) is 23.9 Å². The lowest BCUT2D eigenvalue weighted by atomic mass is 10.0. The zero-order valence-electron chi connectivity index (χ0n) is 14.7. The van der Waals surface area contributed by atoms with Crippen LogP contribution in [-0.2, 0) is 9.53 Å². The van der Waals surface area contributed by atoms with Crippen LogP contribution in [0.5, 0.6) is 0 Å². The van der Waals surface area contributed by atoms with Gasteiger partial charge in [-0.15, -0.1) is 0 Å². The summed E-state index contributed by atoms with van der Waals surface area (Å²) in [6.07, 6.45) is 6.99. The van der Waals surface area contributed by atoms with Crippen molar-refractivity contribution in [3.8, 4) is 0 Å². The van der Waals surface area contributed by atoms with Crippen LogP contribution in [0.2, 0.25) is 0 Å². The molecular formula is C18H28N4O2. The van der Waals surface area contributed by atoms with Gasteiger partial charge in [0.2, 0.25) is 5.91 Å². The van der Waals surface area contributed by atoms with E-state index in [1.54, 1.807) is 6.20 Å². The molecule has 6 nitrogen and oxygen atoms in total. The van der Waals surface area contributed by atoms with E-state index in [0.717, 1.165) is 44.7 Å². The van der Waals surface area contributed by atoms with Gasteiger partial charge in [0.15, 0.2) is 0 Å². The average Bonchev–Trinajstić information content (AvgIpc) is 3.25. The Morgan fingerprint density at radius 1 is 1.38 bits per heavy atom. The van der Waals surface area contributed by atoms with Crippen molar-refractivity contribution in [2.75, 3.05) is 38.2 Å². The van der Waals surface area contributed by atoms with Crippen molar-refractivity contribution in [2.45, 2.75) is 39.2 Å². The maximum atomic E-state index is 12.3. The van der Waals surface area contributed by atoms with Crippen LogP contribution >= 0.6 is 0 Å². The second-order valence-electron chi connectivity index (χ2n) is 7.02. The molecular weight excluding hydrogens is 304 g/mol. The highest BCUT2D eigenvalue weighted by Gasteiger charge is 2.26. The minimum atomic E-state index is -0.0285. The molecule has 3 rings (SSSR count). The summed E-state index contributed by atoms with van der Waals surface area (Å²) in [5.41, 5.74) is 1.37. The quantitative estimate of drug-likeness (QED) is 0.842. The zero-order valence-corrected chi connectivity index (χ0v) is 14.7. The Balaban J connectivity index is 1.55. The predicted octanol–water partition coefficient (Wildman–Crippen LogP) is 2.46. The first-order chi connectivity index (χ1) is 11.6. The third-order valence-corrected chi connectivity index (χ3v) is 4.88. The number of aromatic nitrogens is 2. The van der Waals surface area contributed by atoms with Gasteiger partial charge in [-0.1, -0.05) is 11.6 Å². The largest absolute Gasteiger partial charge is 0.381 e. The normalized spacial score (nSPS) is 22.5. The van der Waals surface area contributed by atoms with Gasteiger partial charge >= 0.3 is 0 Å². The Hall–Kier alpha value is -1.66. The average molecular weight is 332 g/mol. The van der Waals surface area contributed by atoms with Crippen LogP contribution in [-0.4, -0.2) is 53.4 Å². The van der Waals surface area contributed by atoms with E-state index in [1.165, 1.54) is 5.57 Å². The number of hydrogen-bond donors (Lipinski definition) is 1. The molecule has 132 valence electrons. The van der Waals surface area contributed by atoms with Crippen LogP contribution < -0.4 is 5.32 Å². The molecule has 2 aliphatic rings. The summed E-state index contributed by atoms with van der Waals surface area (Å²) in [6.45, 7) is 8.65. The molecule has 3 heterocycles. The van der Waals surface area contributed by atoms with Gasteiger partial charge in [0.05, 0.1) is 24.8 Å². The summed E-state index contributed by atoms with van der Waals surface area (Å²) >= 11 is 0. The van der Waals surface area contributed by atoms with Crippen LogP contribution in [0.3, 0.4) is 0 Å². The van der Waals surface area contributed by atoms with Crippen molar-refractivity contribution in [2.24, 2.45) is 5.92 Å². The number of nitrogens with one attached hydrogen (secondary N) is 1. The third kappa shape index (κ3) is 4.24. The van der Waals surface area contributed by atoms with Gasteiger partial charge in [0.25, 0.3) is 0 Å². The van der Waals surface area contributed by atoms with E-state index in [2.05, 4.69) is 35.2 Å². The molecule has 24 heavy (non-hydrogen) atoms. The lowest BCUT2D eigenvalue weighted by Gasteiger charge is -2.32. The molecule has 0 bridgehead atoms. The van der Waals surface area contributed by atoms with E-state index in [1.807, 2.05) is 10.7 Å². The first kappa shape index (κ1) is 17.2. The molecule has 1 aromatic rings. The number of hydrogen-bond acceptors (Lipinski definition) is 4. The molecule has 2 fully saturated rings. The number of nitrogens with zero attached hydrogens (tertiary/aromatic N) is 3. The van der Waals surface area contributed by atoms with Crippen molar-refractivity contribution in [1.82, 2.24) is 14.7 Å². The number of amides is 1. The summed E-state index contributed by atoms with van der Waals surface area (Å²) in [4.78, 5) is 14.8. The highest BCUT2D eigenvalue weighted by molar-refractivity contribution is 5.92. The van der Waals surface area contributed by atoms with Gasteiger partial charge in [0.1, 0.15) is 5.82 Å². The van der Waals surface area contributed by atoms with E-state index < -0.39 is 0 Å². The molecule has 1 atom stereocenters. The van der Waals surface area contributed by atoms with Crippen molar-refractivity contribution in [3.63, 3.8) is 0 Å². The van der Waals surface area contributed by atoms with Crippen LogP contribution in [0.4, 0.5) is 5.82 Å². The number of carbonyl (C=O) groups excluding carboxylic acids is 1. The van der Waals surface area contributed by atoms with Crippen molar-refractivity contribution in [1.29, 1.82) is 0 Å². The molecule has 1 unspecified atom stereocenters. The lowest BCUT2D eigenvalue weighted by molar-refractivity contribution is -0.119. The first-order valence-corrected chi connectivity index (χ1v) is 8.91. The van der Waals surface area contributed by atoms with E-state index in [-0.39, 0.29) is 11.8 Å². The highest BCUT2D eigenvalue weighted by Crippen LogP contribution is 2.26. The first-order valence-electron chi connectivity index (χ1n) is 8.91. The molecule has 1 amide bonds.